The third kappa shape index (κ3) is 4.13. The number of benzene rings is 1. The molecule has 0 radical (unpaired) electrons. The summed E-state index contributed by atoms with van der Waals surface area (Å²) >= 11 is 0. The van der Waals surface area contributed by atoms with Gasteiger partial charge in [0.05, 0.1) is 0 Å². The van der Waals surface area contributed by atoms with Crippen LogP contribution in [0, 0.1) is 6.92 Å². The number of likely N-dealkylation sites (tertiary alicyclic amines) is 1. The average Bonchev–Trinajstić information content (AvgIpc) is 3.11. The van der Waals surface area contributed by atoms with Crippen molar-refractivity contribution in [3.05, 3.63) is 35.6 Å². The van der Waals surface area contributed by atoms with Gasteiger partial charge in [-0.3, -0.25) is 4.79 Å². The van der Waals surface area contributed by atoms with Gasteiger partial charge in [-0.25, -0.2) is 4.79 Å². The molecule has 0 spiro atoms. The number of fused-ring (bicyclic) bond motifs is 1. The second-order valence-electron chi connectivity index (χ2n) is 7.54. The van der Waals surface area contributed by atoms with E-state index in [9.17, 15) is 9.59 Å². The predicted molar refractivity (Wildman–Crippen MR) is 94.6 cm³/mol. The molecule has 6 heteroatoms. The van der Waals surface area contributed by atoms with Crippen LogP contribution in [0.25, 0.3) is 11.0 Å². The Balaban J connectivity index is 1.60. The van der Waals surface area contributed by atoms with Crippen LogP contribution in [0.5, 0.6) is 0 Å². The topological polar surface area (TPSA) is 71.8 Å². The molecule has 1 unspecified atom stereocenters. The highest BCUT2D eigenvalue weighted by molar-refractivity contribution is 5.96. The largest absolute Gasteiger partial charge is 0.451 e. The van der Waals surface area contributed by atoms with Crippen molar-refractivity contribution in [2.45, 2.75) is 45.8 Å². The number of carbonyl (C=O) groups excluding carboxylic acids is 2. The molecule has 2 heterocycles. The summed E-state index contributed by atoms with van der Waals surface area (Å²) in [7, 11) is 0. The van der Waals surface area contributed by atoms with E-state index in [2.05, 4.69) is 5.32 Å². The number of nitrogens with zero attached hydrogens (tertiary/aromatic N) is 1. The van der Waals surface area contributed by atoms with E-state index in [1.54, 1.807) is 11.0 Å². The summed E-state index contributed by atoms with van der Waals surface area (Å²) < 4.78 is 11.0. The highest BCUT2D eigenvalue weighted by Crippen LogP contribution is 2.21. The molecular formula is C19H24N2O4. The van der Waals surface area contributed by atoms with Gasteiger partial charge in [-0.05, 0) is 52.3 Å². The van der Waals surface area contributed by atoms with Crippen LogP contribution in [-0.2, 0) is 4.74 Å². The molecule has 2 aromatic rings. The van der Waals surface area contributed by atoms with Crippen molar-refractivity contribution in [1.29, 1.82) is 0 Å². The van der Waals surface area contributed by atoms with E-state index in [0.29, 0.717) is 25.1 Å². The minimum absolute atomic E-state index is 0.102. The Hall–Kier alpha value is -2.50. The van der Waals surface area contributed by atoms with E-state index in [1.807, 2.05) is 45.9 Å². The number of ether oxygens (including phenoxy) is 1. The number of furan rings is 1. The van der Waals surface area contributed by atoms with Crippen molar-refractivity contribution in [2.75, 3.05) is 13.1 Å². The summed E-state index contributed by atoms with van der Waals surface area (Å²) in [4.78, 5) is 26.1. The number of rotatable bonds is 2. The number of carbonyl (C=O) groups is 2. The lowest BCUT2D eigenvalue weighted by atomic mass is 10.2. The maximum Gasteiger partial charge on any atom is 0.410 e. The monoisotopic (exact) mass is 344 g/mol. The lowest BCUT2D eigenvalue weighted by Crippen LogP contribution is -2.40. The van der Waals surface area contributed by atoms with Crippen molar-refractivity contribution in [3.8, 4) is 0 Å². The van der Waals surface area contributed by atoms with Crippen LogP contribution >= 0.6 is 0 Å². The van der Waals surface area contributed by atoms with E-state index in [0.717, 1.165) is 10.9 Å². The number of amides is 2. The number of nitrogens with one attached hydrogen (secondary N) is 1. The standard InChI is InChI=1S/C19H24N2O4/c1-12-5-6-15-13(9-12)10-16(24-15)17(22)20-14-7-8-21(11-14)18(23)25-19(2,3)4/h5-6,9-10,14H,7-8,11H2,1-4H3,(H,20,22). The normalized spacial score (nSPS) is 17.8. The molecule has 0 saturated carbocycles. The SMILES string of the molecule is Cc1ccc2oc(C(=O)NC3CCN(C(=O)OC(C)(C)C)C3)cc2c1. The Morgan fingerprint density at radius 2 is 2.04 bits per heavy atom. The summed E-state index contributed by atoms with van der Waals surface area (Å²) in [5.74, 6) is 0.0289. The Kier molecular flexibility index (Phi) is 4.45. The van der Waals surface area contributed by atoms with Crippen LogP contribution in [-0.4, -0.2) is 41.6 Å². The highest BCUT2D eigenvalue weighted by Gasteiger charge is 2.31. The zero-order chi connectivity index (χ0) is 18.2. The summed E-state index contributed by atoms with van der Waals surface area (Å²) in [6.45, 7) is 8.52. The van der Waals surface area contributed by atoms with Crippen LogP contribution < -0.4 is 5.32 Å². The quantitative estimate of drug-likeness (QED) is 0.905. The van der Waals surface area contributed by atoms with Gasteiger partial charge in [0, 0.05) is 24.5 Å². The molecule has 3 rings (SSSR count). The molecule has 1 fully saturated rings. The lowest BCUT2D eigenvalue weighted by molar-refractivity contribution is 0.0290. The van der Waals surface area contributed by atoms with Gasteiger partial charge in [0.15, 0.2) is 5.76 Å². The lowest BCUT2D eigenvalue weighted by Gasteiger charge is -2.24. The molecule has 1 aromatic carbocycles. The molecule has 6 nitrogen and oxygen atoms in total. The minimum atomic E-state index is -0.523. The first kappa shape index (κ1) is 17.3. The van der Waals surface area contributed by atoms with Crippen LogP contribution in [0.15, 0.2) is 28.7 Å². The second kappa shape index (κ2) is 6.43. The molecule has 1 N–H and O–H groups in total. The number of hydrogen-bond acceptors (Lipinski definition) is 4. The Labute approximate surface area is 147 Å². The Bertz CT molecular complexity index is 803. The Morgan fingerprint density at radius 1 is 1.28 bits per heavy atom. The van der Waals surface area contributed by atoms with Crippen molar-refractivity contribution in [3.63, 3.8) is 0 Å². The van der Waals surface area contributed by atoms with Gasteiger partial charge < -0.3 is 19.4 Å². The van der Waals surface area contributed by atoms with E-state index in [1.165, 1.54) is 0 Å². The van der Waals surface area contributed by atoms with Crippen molar-refractivity contribution in [2.24, 2.45) is 0 Å². The zero-order valence-electron chi connectivity index (χ0n) is 15.1. The first-order valence-electron chi connectivity index (χ1n) is 8.50. The van der Waals surface area contributed by atoms with E-state index in [-0.39, 0.29) is 23.8 Å². The summed E-state index contributed by atoms with van der Waals surface area (Å²) in [6, 6.07) is 7.44. The number of aryl methyl sites for hydroxylation is 1. The predicted octanol–water partition coefficient (Wildman–Crippen LogP) is 3.48. The first-order chi connectivity index (χ1) is 11.7. The van der Waals surface area contributed by atoms with Gasteiger partial charge in [0.2, 0.25) is 0 Å². The molecule has 1 aliphatic rings. The molecule has 1 aromatic heterocycles. The Morgan fingerprint density at radius 3 is 2.76 bits per heavy atom. The average molecular weight is 344 g/mol. The van der Waals surface area contributed by atoms with Gasteiger partial charge in [0.25, 0.3) is 5.91 Å². The van der Waals surface area contributed by atoms with Crippen LogP contribution in [0.4, 0.5) is 4.79 Å². The summed E-state index contributed by atoms with van der Waals surface area (Å²) in [5.41, 5.74) is 1.28. The fourth-order valence-corrected chi connectivity index (χ4v) is 2.90. The van der Waals surface area contributed by atoms with E-state index in [4.69, 9.17) is 9.15 Å². The molecular weight excluding hydrogens is 320 g/mol. The first-order valence-corrected chi connectivity index (χ1v) is 8.50. The van der Waals surface area contributed by atoms with E-state index < -0.39 is 5.60 Å². The molecule has 0 bridgehead atoms. The maximum absolute atomic E-state index is 12.4. The van der Waals surface area contributed by atoms with Crippen molar-refractivity contribution < 1.29 is 18.7 Å². The fourth-order valence-electron chi connectivity index (χ4n) is 2.90. The third-order valence-corrected chi connectivity index (χ3v) is 4.07. The fraction of sp³-hybridized carbons (Fsp3) is 0.474. The summed E-state index contributed by atoms with van der Waals surface area (Å²) in [5, 5.41) is 3.85. The highest BCUT2D eigenvalue weighted by atomic mass is 16.6. The third-order valence-electron chi connectivity index (χ3n) is 4.07. The van der Waals surface area contributed by atoms with Gasteiger partial charge in [-0.2, -0.15) is 0 Å². The molecule has 0 aliphatic carbocycles. The summed E-state index contributed by atoms with van der Waals surface area (Å²) in [6.07, 6.45) is 0.355. The van der Waals surface area contributed by atoms with Crippen molar-refractivity contribution >= 4 is 23.0 Å². The van der Waals surface area contributed by atoms with Gasteiger partial charge in [-0.1, -0.05) is 11.6 Å². The van der Waals surface area contributed by atoms with Crippen molar-refractivity contribution in [1.82, 2.24) is 10.2 Å². The van der Waals surface area contributed by atoms with Gasteiger partial charge in [0.1, 0.15) is 11.2 Å². The minimum Gasteiger partial charge on any atom is -0.451 e. The molecule has 1 atom stereocenters. The zero-order valence-corrected chi connectivity index (χ0v) is 15.1. The second-order valence-corrected chi connectivity index (χ2v) is 7.54. The molecule has 2 amide bonds. The van der Waals surface area contributed by atoms with E-state index >= 15 is 0 Å². The smallest absolute Gasteiger partial charge is 0.410 e. The van der Waals surface area contributed by atoms with Crippen LogP contribution in [0.1, 0.15) is 43.3 Å². The van der Waals surface area contributed by atoms with Gasteiger partial charge >= 0.3 is 6.09 Å². The molecule has 1 aliphatic heterocycles. The molecule has 1 saturated heterocycles. The van der Waals surface area contributed by atoms with Gasteiger partial charge in [-0.15, -0.1) is 0 Å². The molecule has 134 valence electrons. The molecule has 25 heavy (non-hydrogen) atoms. The number of hydrogen-bond donors (Lipinski definition) is 1. The maximum atomic E-state index is 12.4. The van der Waals surface area contributed by atoms with Crippen LogP contribution in [0.2, 0.25) is 0 Å². The van der Waals surface area contributed by atoms with Crippen LogP contribution in [0.3, 0.4) is 0 Å².